The van der Waals surface area contributed by atoms with Crippen molar-refractivity contribution >= 4 is 31.7 Å². The number of likely N-dealkylation sites (tertiary alicyclic amines) is 1. The van der Waals surface area contributed by atoms with Crippen LogP contribution in [-0.2, 0) is 9.84 Å². The molecule has 0 unspecified atom stereocenters. The monoisotopic (exact) mass is 317 g/mol. The standard InChI is InChI=1S/C11H12BrNO3S/c1-17(15,16)10-4-3-8(7-9(10)12)11(14)13-5-2-6-13/h3-4,7H,2,5-6H2,1H3. The first-order valence-electron chi connectivity index (χ1n) is 5.18. The molecule has 1 saturated heterocycles. The summed E-state index contributed by atoms with van der Waals surface area (Å²) in [6.45, 7) is 1.56. The summed E-state index contributed by atoms with van der Waals surface area (Å²) in [6.07, 6.45) is 2.18. The van der Waals surface area contributed by atoms with Gasteiger partial charge in [-0.25, -0.2) is 8.42 Å². The highest BCUT2D eigenvalue weighted by molar-refractivity contribution is 9.10. The van der Waals surface area contributed by atoms with Gasteiger partial charge in [0.2, 0.25) is 0 Å². The minimum atomic E-state index is -3.26. The number of hydrogen-bond acceptors (Lipinski definition) is 3. The third-order valence-corrected chi connectivity index (χ3v) is 4.80. The van der Waals surface area contributed by atoms with Crippen LogP contribution in [0.3, 0.4) is 0 Å². The largest absolute Gasteiger partial charge is 0.339 e. The molecule has 17 heavy (non-hydrogen) atoms. The molecule has 92 valence electrons. The van der Waals surface area contributed by atoms with E-state index in [9.17, 15) is 13.2 Å². The lowest BCUT2D eigenvalue weighted by atomic mass is 10.1. The molecule has 1 aromatic carbocycles. The molecule has 1 aliphatic rings. The minimum absolute atomic E-state index is 0.0444. The fraction of sp³-hybridized carbons (Fsp3) is 0.364. The molecule has 0 aliphatic carbocycles. The number of carbonyl (C=O) groups excluding carboxylic acids is 1. The summed E-state index contributed by atoms with van der Waals surface area (Å²) in [4.78, 5) is 13.8. The first-order valence-corrected chi connectivity index (χ1v) is 7.87. The van der Waals surface area contributed by atoms with Crippen LogP contribution in [0, 0.1) is 0 Å². The molecule has 1 aromatic rings. The van der Waals surface area contributed by atoms with Crippen molar-refractivity contribution in [1.29, 1.82) is 0 Å². The number of rotatable bonds is 2. The number of amides is 1. The molecule has 0 bridgehead atoms. The van der Waals surface area contributed by atoms with Gasteiger partial charge in [0.15, 0.2) is 9.84 Å². The van der Waals surface area contributed by atoms with Gasteiger partial charge in [-0.1, -0.05) is 0 Å². The number of sulfone groups is 1. The Kier molecular flexibility index (Phi) is 3.27. The zero-order valence-electron chi connectivity index (χ0n) is 9.31. The van der Waals surface area contributed by atoms with Gasteiger partial charge in [0.25, 0.3) is 5.91 Å². The smallest absolute Gasteiger partial charge is 0.253 e. The van der Waals surface area contributed by atoms with Crippen LogP contribution >= 0.6 is 15.9 Å². The Morgan fingerprint density at radius 2 is 2.00 bits per heavy atom. The Balaban J connectivity index is 2.34. The number of hydrogen-bond donors (Lipinski definition) is 0. The van der Waals surface area contributed by atoms with Gasteiger partial charge in [-0.2, -0.15) is 0 Å². The van der Waals surface area contributed by atoms with Crippen LogP contribution in [0.1, 0.15) is 16.8 Å². The zero-order valence-corrected chi connectivity index (χ0v) is 11.7. The minimum Gasteiger partial charge on any atom is -0.339 e. The Labute approximate surface area is 109 Å². The molecule has 0 saturated carbocycles. The summed E-state index contributed by atoms with van der Waals surface area (Å²) < 4.78 is 23.3. The van der Waals surface area contributed by atoms with E-state index in [0.29, 0.717) is 10.0 Å². The van der Waals surface area contributed by atoms with Gasteiger partial charge in [-0.15, -0.1) is 0 Å². The molecule has 4 nitrogen and oxygen atoms in total. The van der Waals surface area contributed by atoms with E-state index in [4.69, 9.17) is 0 Å². The van der Waals surface area contributed by atoms with Gasteiger partial charge < -0.3 is 4.90 Å². The summed E-state index contributed by atoms with van der Waals surface area (Å²) >= 11 is 3.19. The van der Waals surface area contributed by atoms with Crippen molar-refractivity contribution in [2.45, 2.75) is 11.3 Å². The highest BCUT2D eigenvalue weighted by Gasteiger charge is 2.22. The van der Waals surface area contributed by atoms with E-state index >= 15 is 0 Å². The van der Waals surface area contributed by atoms with Gasteiger partial charge in [0, 0.05) is 29.4 Å². The van der Waals surface area contributed by atoms with Crippen molar-refractivity contribution in [3.05, 3.63) is 28.2 Å². The lowest BCUT2D eigenvalue weighted by molar-refractivity contribution is 0.0651. The van der Waals surface area contributed by atoms with Gasteiger partial charge in [0.1, 0.15) is 0 Å². The lowest BCUT2D eigenvalue weighted by Crippen LogP contribution is -2.42. The van der Waals surface area contributed by atoms with E-state index in [-0.39, 0.29) is 10.8 Å². The fourth-order valence-electron chi connectivity index (χ4n) is 1.64. The number of halogens is 1. The summed E-state index contributed by atoms with van der Waals surface area (Å²) in [5.41, 5.74) is 0.518. The summed E-state index contributed by atoms with van der Waals surface area (Å²) in [5.74, 6) is -0.0444. The molecule has 0 aromatic heterocycles. The molecule has 2 rings (SSSR count). The van der Waals surface area contributed by atoms with E-state index in [2.05, 4.69) is 15.9 Å². The molecule has 1 heterocycles. The van der Waals surface area contributed by atoms with Crippen molar-refractivity contribution in [3.63, 3.8) is 0 Å². The fourth-order valence-corrected chi connectivity index (χ4v) is 3.63. The second kappa shape index (κ2) is 4.42. The lowest BCUT2D eigenvalue weighted by Gasteiger charge is -2.31. The normalized spacial score (nSPS) is 15.5. The summed E-state index contributed by atoms with van der Waals surface area (Å²) in [5, 5.41) is 0. The number of benzene rings is 1. The maximum Gasteiger partial charge on any atom is 0.253 e. The quantitative estimate of drug-likeness (QED) is 0.834. The average molecular weight is 318 g/mol. The van der Waals surface area contributed by atoms with Crippen molar-refractivity contribution in [2.75, 3.05) is 19.3 Å². The third-order valence-electron chi connectivity index (χ3n) is 2.72. The van der Waals surface area contributed by atoms with Crippen LogP contribution in [0.2, 0.25) is 0 Å². The van der Waals surface area contributed by atoms with Crippen molar-refractivity contribution in [2.24, 2.45) is 0 Å². The number of carbonyl (C=O) groups is 1. The molecule has 0 N–H and O–H groups in total. The van der Waals surface area contributed by atoms with Crippen molar-refractivity contribution in [1.82, 2.24) is 4.90 Å². The third kappa shape index (κ3) is 2.52. The molecular weight excluding hydrogens is 306 g/mol. The maximum atomic E-state index is 11.9. The second-order valence-electron chi connectivity index (χ2n) is 4.06. The van der Waals surface area contributed by atoms with Crippen molar-refractivity contribution < 1.29 is 13.2 Å². The van der Waals surface area contributed by atoms with E-state index in [1.54, 1.807) is 17.0 Å². The Morgan fingerprint density at radius 3 is 2.41 bits per heavy atom. The van der Waals surface area contributed by atoms with Gasteiger partial charge in [0.05, 0.1) is 4.90 Å². The van der Waals surface area contributed by atoms with Crippen LogP contribution in [0.25, 0.3) is 0 Å². The molecule has 1 aliphatic heterocycles. The molecule has 0 radical (unpaired) electrons. The second-order valence-corrected chi connectivity index (χ2v) is 6.90. The van der Waals surface area contributed by atoms with E-state index in [1.165, 1.54) is 6.07 Å². The van der Waals surface area contributed by atoms with E-state index in [0.717, 1.165) is 25.8 Å². The highest BCUT2D eigenvalue weighted by Crippen LogP contribution is 2.24. The van der Waals surface area contributed by atoms with Crippen LogP contribution in [0.5, 0.6) is 0 Å². The zero-order chi connectivity index (χ0) is 12.6. The van der Waals surface area contributed by atoms with E-state index in [1.807, 2.05) is 0 Å². The first kappa shape index (κ1) is 12.6. The van der Waals surface area contributed by atoms with Gasteiger partial charge in [-0.3, -0.25) is 4.79 Å². The van der Waals surface area contributed by atoms with Crippen LogP contribution < -0.4 is 0 Å². The average Bonchev–Trinajstić information content (AvgIpc) is 2.12. The molecule has 1 amide bonds. The summed E-state index contributed by atoms with van der Waals surface area (Å²) in [7, 11) is -3.26. The Bertz CT molecular complexity index is 564. The van der Waals surface area contributed by atoms with Crippen LogP contribution in [0.4, 0.5) is 0 Å². The topological polar surface area (TPSA) is 54.5 Å². The SMILES string of the molecule is CS(=O)(=O)c1ccc(C(=O)N2CCC2)cc1Br. The predicted molar refractivity (Wildman–Crippen MR) is 67.8 cm³/mol. The van der Waals surface area contributed by atoms with Crippen LogP contribution in [-0.4, -0.2) is 38.6 Å². The molecular formula is C11H12BrNO3S. The number of nitrogens with zero attached hydrogens (tertiary/aromatic N) is 1. The van der Waals surface area contributed by atoms with Gasteiger partial charge in [-0.05, 0) is 40.5 Å². The maximum absolute atomic E-state index is 11.9. The first-order chi connectivity index (χ1) is 7.89. The molecule has 0 spiro atoms. The van der Waals surface area contributed by atoms with E-state index < -0.39 is 9.84 Å². The molecule has 6 heteroatoms. The molecule has 0 atom stereocenters. The Hall–Kier alpha value is -0.880. The Morgan fingerprint density at radius 1 is 1.35 bits per heavy atom. The van der Waals surface area contributed by atoms with Crippen LogP contribution in [0.15, 0.2) is 27.6 Å². The predicted octanol–water partition coefficient (Wildman–Crippen LogP) is 1.70. The summed E-state index contributed by atoms with van der Waals surface area (Å²) in [6, 6.07) is 4.59. The van der Waals surface area contributed by atoms with Gasteiger partial charge >= 0.3 is 0 Å². The van der Waals surface area contributed by atoms with Crippen molar-refractivity contribution in [3.8, 4) is 0 Å². The molecule has 1 fully saturated rings. The highest BCUT2D eigenvalue weighted by atomic mass is 79.9.